The second-order valence-electron chi connectivity index (χ2n) is 10.2. The summed E-state index contributed by atoms with van der Waals surface area (Å²) >= 11 is 0. The molecule has 0 saturated carbocycles. The highest BCUT2D eigenvalue weighted by atomic mass is 19.2. The molecule has 0 radical (unpaired) electrons. The number of benzene rings is 2. The number of rotatable bonds is 4. The van der Waals surface area contributed by atoms with Gasteiger partial charge in [0.05, 0.1) is 0 Å². The Balaban J connectivity index is 1.68. The van der Waals surface area contributed by atoms with E-state index >= 15 is 8.78 Å². The van der Waals surface area contributed by atoms with Crippen LogP contribution in [-0.4, -0.2) is 47.5 Å². The molecular formula is C31H32F3N2O2+. The highest BCUT2D eigenvalue weighted by Crippen LogP contribution is 2.38. The molecule has 2 aromatic rings. The fourth-order valence-corrected chi connectivity index (χ4v) is 5.65. The Morgan fingerprint density at radius 3 is 2.00 bits per heavy atom. The number of aromatic carboxylic acids is 1. The summed E-state index contributed by atoms with van der Waals surface area (Å²) in [6, 6.07) is 7.46. The zero-order valence-electron chi connectivity index (χ0n) is 21.6. The van der Waals surface area contributed by atoms with Crippen LogP contribution in [0.4, 0.5) is 18.9 Å². The average molecular weight is 522 g/mol. The lowest BCUT2D eigenvalue weighted by Gasteiger charge is -2.29. The van der Waals surface area contributed by atoms with Gasteiger partial charge in [-0.2, -0.15) is 0 Å². The first-order chi connectivity index (χ1) is 18.4. The fourth-order valence-electron chi connectivity index (χ4n) is 5.65. The van der Waals surface area contributed by atoms with Gasteiger partial charge in [-0.1, -0.05) is 12.1 Å². The lowest BCUT2D eigenvalue weighted by atomic mass is 9.86. The van der Waals surface area contributed by atoms with Gasteiger partial charge in [0, 0.05) is 60.5 Å². The van der Waals surface area contributed by atoms with Gasteiger partial charge in [0.2, 0.25) is 0 Å². The molecule has 2 heterocycles. The number of carboxylic acids is 1. The summed E-state index contributed by atoms with van der Waals surface area (Å²) < 4.78 is 47.5. The molecule has 38 heavy (non-hydrogen) atoms. The van der Waals surface area contributed by atoms with E-state index in [1.165, 1.54) is 12.8 Å². The van der Waals surface area contributed by atoms with E-state index in [0.717, 1.165) is 70.2 Å². The van der Waals surface area contributed by atoms with Crippen molar-refractivity contribution in [3.05, 3.63) is 93.8 Å². The third-order valence-electron chi connectivity index (χ3n) is 7.76. The second kappa shape index (κ2) is 11.0. The first-order valence-corrected chi connectivity index (χ1v) is 13.3. The largest absolute Gasteiger partial charge is 0.478 e. The zero-order chi connectivity index (χ0) is 26.8. The minimum atomic E-state index is -1.72. The van der Waals surface area contributed by atoms with E-state index in [-0.39, 0.29) is 5.57 Å². The molecule has 7 heteroatoms. The van der Waals surface area contributed by atoms with E-state index in [2.05, 4.69) is 9.48 Å². The van der Waals surface area contributed by atoms with Gasteiger partial charge in [-0.15, -0.1) is 0 Å². The number of halogens is 3. The first-order valence-electron chi connectivity index (χ1n) is 13.3. The maximum absolute atomic E-state index is 15.7. The Morgan fingerprint density at radius 1 is 0.789 bits per heavy atom. The Labute approximate surface area is 221 Å². The molecule has 0 amide bonds. The van der Waals surface area contributed by atoms with E-state index in [0.29, 0.717) is 11.1 Å². The number of piperidine rings is 2. The summed E-state index contributed by atoms with van der Waals surface area (Å²) in [6.07, 6.45) is 14.3. The molecule has 2 saturated heterocycles. The quantitative estimate of drug-likeness (QED) is 0.361. The topological polar surface area (TPSA) is 43.5 Å². The lowest BCUT2D eigenvalue weighted by molar-refractivity contribution is -0.535. The van der Waals surface area contributed by atoms with Crippen molar-refractivity contribution in [3.8, 4) is 0 Å². The molecule has 5 rings (SSSR count). The Kier molecular flexibility index (Phi) is 7.54. The Hall–Kier alpha value is -3.61. The van der Waals surface area contributed by atoms with Crippen molar-refractivity contribution in [2.45, 2.75) is 45.4 Å². The van der Waals surface area contributed by atoms with Gasteiger partial charge in [-0.3, -0.25) is 0 Å². The average Bonchev–Trinajstić information content (AvgIpc) is 2.96. The van der Waals surface area contributed by atoms with Crippen LogP contribution >= 0.6 is 0 Å². The van der Waals surface area contributed by atoms with Crippen LogP contribution in [0.2, 0.25) is 0 Å². The van der Waals surface area contributed by atoms with E-state index < -0.39 is 40.1 Å². The maximum atomic E-state index is 15.7. The van der Waals surface area contributed by atoms with Crippen molar-refractivity contribution < 1.29 is 27.6 Å². The van der Waals surface area contributed by atoms with Gasteiger partial charge >= 0.3 is 5.97 Å². The highest BCUT2D eigenvalue weighted by molar-refractivity contribution is 6.05. The van der Waals surface area contributed by atoms with Crippen LogP contribution in [-0.2, 0) is 0 Å². The van der Waals surface area contributed by atoms with Gasteiger partial charge in [0.15, 0.2) is 17.3 Å². The van der Waals surface area contributed by atoms with Crippen molar-refractivity contribution >= 4 is 22.9 Å². The molecule has 2 aromatic carbocycles. The molecule has 1 N–H and O–H groups in total. The van der Waals surface area contributed by atoms with Gasteiger partial charge in [0.25, 0.3) is 0 Å². The Bertz CT molecular complexity index is 1360. The third-order valence-corrected chi connectivity index (χ3v) is 7.76. The van der Waals surface area contributed by atoms with Crippen LogP contribution in [0.15, 0.2) is 54.1 Å². The summed E-state index contributed by atoms with van der Waals surface area (Å²) in [5.74, 6) is -5.83. The van der Waals surface area contributed by atoms with Crippen LogP contribution in [0, 0.1) is 24.4 Å². The normalized spacial score (nSPS) is 17.8. The summed E-state index contributed by atoms with van der Waals surface area (Å²) in [5, 5.41) is 9.86. The molecule has 0 atom stereocenters. The zero-order valence-corrected chi connectivity index (χ0v) is 21.6. The van der Waals surface area contributed by atoms with Crippen molar-refractivity contribution in [2.24, 2.45) is 0 Å². The maximum Gasteiger partial charge on any atom is 0.339 e. The number of carbonyl (C=O) groups is 1. The minimum absolute atomic E-state index is 0.220. The fraction of sp³-hybridized carbons (Fsp3) is 0.355. The molecule has 2 aliphatic heterocycles. The Morgan fingerprint density at radius 2 is 1.39 bits per heavy atom. The summed E-state index contributed by atoms with van der Waals surface area (Å²) in [6.45, 7) is 4.93. The standard InChI is InChI=1S/C31H31F3N2O2/c1-20-28(32)26(27(31(37)38)30(34)29(20)33)25(21-8-12-23(13-9-21)35-16-4-2-5-17-35)22-10-14-24(15-11-22)36-18-6-3-7-19-36/h8-15H,2-7,16-19H2,1H3/p+1. The predicted octanol–water partition coefficient (Wildman–Crippen LogP) is 6.67. The molecule has 0 unspecified atom stereocenters. The van der Waals surface area contributed by atoms with Crippen LogP contribution in [0.5, 0.6) is 0 Å². The van der Waals surface area contributed by atoms with E-state index in [1.807, 2.05) is 24.3 Å². The SMILES string of the molecule is Cc1c(F)c(F)c(C(=O)O)c(C(=C2C=CC(=[N+]3CCCCC3)C=C2)c2ccc(N3CCCCC3)cc2)c1F. The summed E-state index contributed by atoms with van der Waals surface area (Å²) in [4.78, 5) is 14.4. The first kappa shape index (κ1) is 26.0. The van der Waals surface area contributed by atoms with E-state index in [4.69, 9.17) is 0 Å². The number of carboxylic acid groups (broad SMARTS) is 1. The molecule has 0 spiro atoms. The number of nitrogens with zero attached hydrogens (tertiary/aromatic N) is 2. The molecule has 0 bridgehead atoms. The predicted molar refractivity (Wildman–Crippen MR) is 144 cm³/mol. The van der Waals surface area contributed by atoms with Crippen molar-refractivity contribution in [3.63, 3.8) is 0 Å². The van der Waals surface area contributed by atoms with Crippen LogP contribution in [0.1, 0.15) is 65.6 Å². The van der Waals surface area contributed by atoms with Gasteiger partial charge in [-0.25, -0.2) is 22.5 Å². The van der Waals surface area contributed by atoms with E-state index in [1.54, 1.807) is 24.3 Å². The monoisotopic (exact) mass is 521 g/mol. The second-order valence-corrected chi connectivity index (χ2v) is 10.2. The highest BCUT2D eigenvalue weighted by Gasteiger charge is 2.31. The number of allylic oxidation sites excluding steroid dienone is 5. The van der Waals surface area contributed by atoms with Crippen molar-refractivity contribution in [2.75, 3.05) is 31.1 Å². The molecule has 3 aliphatic rings. The summed E-state index contributed by atoms with van der Waals surface area (Å²) in [5.41, 5.74) is 1.34. The molecule has 198 valence electrons. The third kappa shape index (κ3) is 4.94. The van der Waals surface area contributed by atoms with Crippen molar-refractivity contribution in [1.29, 1.82) is 0 Å². The molecule has 1 aliphatic carbocycles. The number of anilines is 1. The number of hydrogen-bond donors (Lipinski definition) is 1. The van der Waals surface area contributed by atoms with Crippen molar-refractivity contribution in [1.82, 2.24) is 0 Å². The summed E-state index contributed by atoms with van der Waals surface area (Å²) in [7, 11) is 0. The van der Waals surface area contributed by atoms with Crippen LogP contribution < -0.4 is 4.90 Å². The van der Waals surface area contributed by atoms with Crippen LogP contribution in [0.3, 0.4) is 0 Å². The molecule has 0 aromatic heterocycles. The van der Waals surface area contributed by atoms with Crippen LogP contribution in [0.25, 0.3) is 5.57 Å². The molecule has 2 fully saturated rings. The number of hydrogen-bond acceptors (Lipinski definition) is 2. The van der Waals surface area contributed by atoms with Gasteiger partial charge < -0.3 is 10.0 Å². The smallest absolute Gasteiger partial charge is 0.339 e. The van der Waals surface area contributed by atoms with E-state index in [9.17, 15) is 14.3 Å². The van der Waals surface area contributed by atoms with Gasteiger partial charge in [-0.05, 0) is 68.0 Å². The lowest BCUT2D eigenvalue weighted by Crippen LogP contribution is -2.29. The molecule has 4 nitrogen and oxygen atoms in total. The molecular weight excluding hydrogens is 489 g/mol. The minimum Gasteiger partial charge on any atom is -0.478 e. The van der Waals surface area contributed by atoms with Gasteiger partial charge in [0.1, 0.15) is 24.5 Å².